The zero-order valence-electron chi connectivity index (χ0n) is 13.0. The van der Waals surface area contributed by atoms with Gasteiger partial charge >= 0.3 is 0 Å². The first-order valence-electron chi connectivity index (χ1n) is 7.88. The molecule has 1 aromatic heterocycles. The average molecular weight is 305 g/mol. The molecule has 3 heterocycles. The standard InChI is InChI=1S/C15H23N5O2/c1-16-15-14(17-4-5-18-15)12-10-19(8-9-22-12)11-13(21)20-6-2-3-7-20/h4-5,12H,2-3,6-11H2,1H3,(H,16,18). The molecule has 2 fully saturated rings. The van der Waals surface area contributed by atoms with Gasteiger partial charge in [-0.05, 0) is 12.8 Å². The predicted octanol–water partition coefficient (Wildman–Crippen LogP) is 0.514. The van der Waals surface area contributed by atoms with E-state index in [4.69, 9.17) is 4.74 Å². The van der Waals surface area contributed by atoms with Crippen molar-refractivity contribution in [3.8, 4) is 0 Å². The lowest BCUT2D eigenvalue weighted by molar-refractivity contribution is -0.133. The fraction of sp³-hybridized carbons (Fsp3) is 0.667. The second kappa shape index (κ2) is 7.02. The first-order valence-corrected chi connectivity index (χ1v) is 7.88. The van der Waals surface area contributed by atoms with Crippen molar-refractivity contribution in [2.45, 2.75) is 18.9 Å². The lowest BCUT2D eigenvalue weighted by atomic mass is 10.2. The number of nitrogens with one attached hydrogen (secondary N) is 1. The van der Waals surface area contributed by atoms with E-state index in [0.29, 0.717) is 19.7 Å². The topological polar surface area (TPSA) is 70.6 Å². The van der Waals surface area contributed by atoms with Crippen LogP contribution >= 0.6 is 0 Å². The van der Waals surface area contributed by atoms with Crippen LogP contribution in [0.5, 0.6) is 0 Å². The number of carbonyl (C=O) groups is 1. The predicted molar refractivity (Wildman–Crippen MR) is 82.5 cm³/mol. The van der Waals surface area contributed by atoms with E-state index >= 15 is 0 Å². The van der Waals surface area contributed by atoms with E-state index in [1.165, 1.54) is 0 Å². The first kappa shape index (κ1) is 15.2. The molecule has 1 atom stereocenters. The largest absolute Gasteiger partial charge is 0.372 e. The molecule has 22 heavy (non-hydrogen) atoms. The van der Waals surface area contributed by atoms with E-state index in [1.807, 2.05) is 11.9 Å². The Kier molecular flexibility index (Phi) is 4.84. The maximum absolute atomic E-state index is 12.3. The van der Waals surface area contributed by atoms with Gasteiger partial charge in [-0.15, -0.1) is 0 Å². The molecule has 2 aliphatic heterocycles. The number of anilines is 1. The Labute approximate surface area is 130 Å². The molecule has 1 amide bonds. The number of rotatable bonds is 4. The van der Waals surface area contributed by atoms with Gasteiger partial charge in [-0.3, -0.25) is 14.7 Å². The summed E-state index contributed by atoms with van der Waals surface area (Å²) in [6.07, 6.45) is 5.45. The second-order valence-corrected chi connectivity index (χ2v) is 5.72. The number of morpholine rings is 1. The summed E-state index contributed by atoms with van der Waals surface area (Å²) in [5, 5.41) is 3.05. The van der Waals surface area contributed by atoms with Crippen LogP contribution in [0, 0.1) is 0 Å². The number of carbonyl (C=O) groups excluding carboxylic acids is 1. The highest BCUT2D eigenvalue weighted by Crippen LogP contribution is 2.25. The van der Waals surface area contributed by atoms with Crippen LogP contribution in [0.1, 0.15) is 24.6 Å². The Bertz CT molecular complexity index is 518. The molecular formula is C15H23N5O2. The smallest absolute Gasteiger partial charge is 0.236 e. The third-order valence-corrected chi connectivity index (χ3v) is 4.24. The Morgan fingerprint density at radius 2 is 2.09 bits per heavy atom. The summed E-state index contributed by atoms with van der Waals surface area (Å²) in [5.74, 6) is 0.964. The molecule has 0 radical (unpaired) electrons. The van der Waals surface area contributed by atoms with Gasteiger partial charge < -0.3 is 15.0 Å². The van der Waals surface area contributed by atoms with E-state index < -0.39 is 0 Å². The molecule has 1 unspecified atom stereocenters. The van der Waals surface area contributed by atoms with Crippen molar-refractivity contribution in [1.82, 2.24) is 19.8 Å². The molecule has 2 saturated heterocycles. The number of amides is 1. The van der Waals surface area contributed by atoms with Gasteiger partial charge in [0.1, 0.15) is 17.6 Å². The zero-order chi connectivity index (χ0) is 15.4. The molecule has 7 nitrogen and oxygen atoms in total. The molecule has 7 heteroatoms. The van der Waals surface area contributed by atoms with Crippen LogP contribution in [0.3, 0.4) is 0 Å². The molecule has 0 spiro atoms. The highest BCUT2D eigenvalue weighted by atomic mass is 16.5. The van der Waals surface area contributed by atoms with Gasteiger partial charge in [0.25, 0.3) is 0 Å². The molecule has 3 rings (SSSR count). The van der Waals surface area contributed by atoms with Gasteiger partial charge in [-0.1, -0.05) is 0 Å². The molecule has 2 aliphatic rings. The van der Waals surface area contributed by atoms with Gasteiger partial charge in [0.2, 0.25) is 5.91 Å². The van der Waals surface area contributed by atoms with Crippen molar-refractivity contribution in [2.75, 3.05) is 51.7 Å². The number of likely N-dealkylation sites (tertiary alicyclic amines) is 1. The van der Waals surface area contributed by atoms with Crippen LogP contribution in [0.2, 0.25) is 0 Å². The summed E-state index contributed by atoms with van der Waals surface area (Å²) in [5.41, 5.74) is 0.809. The maximum Gasteiger partial charge on any atom is 0.236 e. The molecule has 0 saturated carbocycles. The Morgan fingerprint density at radius 1 is 1.32 bits per heavy atom. The molecule has 0 bridgehead atoms. The Balaban J connectivity index is 1.62. The molecule has 0 aromatic carbocycles. The summed E-state index contributed by atoms with van der Waals surface area (Å²) >= 11 is 0. The molecule has 0 aliphatic carbocycles. The van der Waals surface area contributed by atoms with Crippen LogP contribution in [0.25, 0.3) is 0 Å². The third-order valence-electron chi connectivity index (χ3n) is 4.24. The molecule has 120 valence electrons. The van der Waals surface area contributed by atoms with Crippen LogP contribution in [0.15, 0.2) is 12.4 Å². The van der Waals surface area contributed by atoms with Crippen molar-refractivity contribution >= 4 is 11.7 Å². The SMILES string of the molecule is CNc1nccnc1C1CN(CC(=O)N2CCCC2)CCO1. The van der Waals surface area contributed by atoms with E-state index in [1.54, 1.807) is 12.4 Å². The molecule has 1 aromatic rings. The highest BCUT2D eigenvalue weighted by Gasteiger charge is 2.28. The average Bonchev–Trinajstić information content (AvgIpc) is 3.10. The summed E-state index contributed by atoms with van der Waals surface area (Å²) in [6, 6.07) is 0. The summed E-state index contributed by atoms with van der Waals surface area (Å²) < 4.78 is 5.83. The van der Waals surface area contributed by atoms with Gasteiger partial charge in [-0.25, -0.2) is 4.98 Å². The minimum atomic E-state index is -0.142. The third kappa shape index (κ3) is 3.36. The minimum absolute atomic E-state index is 0.142. The highest BCUT2D eigenvalue weighted by molar-refractivity contribution is 5.78. The van der Waals surface area contributed by atoms with Crippen LogP contribution in [0.4, 0.5) is 5.82 Å². The number of ether oxygens (including phenoxy) is 1. The van der Waals surface area contributed by atoms with Gasteiger partial charge in [-0.2, -0.15) is 0 Å². The first-order chi connectivity index (χ1) is 10.8. The molecule has 1 N–H and O–H groups in total. The second-order valence-electron chi connectivity index (χ2n) is 5.72. The van der Waals surface area contributed by atoms with Gasteiger partial charge in [0.05, 0.1) is 13.2 Å². The van der Waals surface area contributed by atoms with E-state index in [9.17, 15) is 4.79 Å². The van der Waals surface area contributed by atoms with Gasteiger partial charge in [0, 0.05) is 45.6 Å². The number of aromatic nitrogens is 2. The minimum Gasteiger partial charge on any atom is -0.372 e. The fourth-order valence-electron chi connectivity index (χ4n) is 3.05. The molecular weight excluding hydrogens is 282 g/mol. The van der Waals surface area contributed by atoms with Crippen molar-refractivity contribution in [3.05, 3.63) is 18.1 Å². The number of hydrogen-bond donors (Lipinski definition) is 1. The zero-order valence-corrected chi connectivity index (χ0v) is 13.0. The number of hydrogen-bond acceptors (Lipinski definition) is 6. The monoisotopic (exact) mass is 305 g/mol. The maximum atomic E-state index is 12.3. The lowest BCUT2D eigenvalue weighted by Crippen LogP contribution is -2.45. The van der Waals surface area contributed by atoms with E-state index in [2.05, 4.69) is 20.2 Å². The Hall–Kier alpha value is -1.73. The normalized spacial score (nSPS) is 22.8. The van der Waals surface area contributed by atoms with Crippen LogP contribution < -0.4 is 5.32 Å². The van der Waals surface area contributed by atoms with E-state index in [0.717, 1.165) is 44.0 Å². The van der Waals surface area contributed by atoms with Crippen molar-refractivity contribution < 1.29 is 9.53 Å². The van der Waals surface area contributed by atoms with Crippen LogP contribution in [-0.2, 0) is 9.53 Å². The number of nitrogens with zero attached hydrogens (tertiary/aromatic N) is 4. The van der Waals surface area contributed by atoms with Crippen molar-refractivity contribution in [3.63, 3.8) is 0 Å². The van der Waals surface area contributed by atoms with E-state index in [-0.39, 0.29) is 12.0 Å². The quantitative estimate of drug-likeness (QED) is 0.874. The Morgan fingerprint density at radius 3 is 2.86 bits per heavy atom. The summed E-state index contributed by atoms with van der Waals surface area (Å²) in [4.78, 5) is 25.1. The summed E-state index contributed by atoms with van der Waals surface area (Å²) in [7, 11) is 1.82. The van der Waals surface area contributed by atoms with Crippen molar-refractivity contribution in [2.24, 2.45) is 0 Å². The van der Waals surface area contributed by atoms with Gasteiger partial charge in [0.15, 0.2) is 0 Å². The van der Waals surface area contributed by atoms with Crippen LogP contribution in [-0.4, -0.2) is 72.1 Å². The van der Waals surface area contributed by atoms with Crippen molar-refractivity contribution in [1.29, 1.82) is 0 Å². The fourth-order valence-corrected chi connectivity index (χ4v) is 3.05. The lowest BCUT2D eigenvalue weighted by Gasteiger charge is -2.33. The summed E-state index contributed by atoms with van der Waals surface area (Å²) in [6.45, 7) is 4.34.